The van der Waals surface area contributed by atoms with Crippen LogP contribution in [0.2, 0.25) is 0 Å². The number of nitrogens with two attached hydrogens (primary N) is 1. The molecule has 0 aliphatic carbocycles. The number of para-hydroxylation sites is 1. The Kier molecular flexibility index (Phi) is 3.89. The molecule has 2 heterocycles. The molecule has 2 unspecified atom stereocenters. The lowest BCUT2D eigenvalue weighted by molar-refractivity contribution is -0.133. The lowest BCUT2D eigenvalue weighted by Gasteiger charge is -2.37. The Hall–Kier alpha value is -1.59. The first-order valence-corrected chi connectivity index (χ1v) is 7.32. The average molecular weight is 274 g/mol. The van der Waals surface area contributed by atoms with E-state index in [2.05, 4.69) is 34.5 Å². The number of piperazine rings is 1. The van der Waals surface area contributed by atoms with E-state index < -0.39 is 0 Å². The van der Waals surface area contributed by atoms with Crippen molar-refractivity contribution in [2.24, 2.45) is 5.73 Å². The zero-order chi connectivity index (χ0) is 13.9. The van der Waals surface area contributed by atoms with Gasteiger partial charge in [0.2, 0.25) is 5.91 Å². The summed E-state index contributed by atoms with van der Waals surface area (Å²) in [6.45, 7) is 4.13. The molecule has 0 aromatic heterocycles. The molecule has 2 fully saturated rings. The predicted octanol–water partition coefficient (Wildman–Crippen LogP) is 0.0244. The van der Waals surface area contributed by atoms with Crippen molar-refractivity contribution in [3.63, 3.8) is 0 Å². The highest BCUT2D eigenvalue weighted by Crippen LogP contribution is 2.17. The van der Waals surface area contributed by atoms with Gasteiger partial charge in [-0.25, -0.2) is 0 Å². The molecule has 0 saturated carbocycles. The highest BCUT2D eigenvalue weighted by molar-refractivity contribution is 5.82. The second kappa shape index (κ2) is 5.81. The van der Waals surface area contributed by atoms with E-state index in [1.807, 2.05) is 11.0 Å². The van der Waals surface area contributed by atoms with E-state index in [0.717, 1.165) is 39.1 Å². The fourth-order valence-electron chi connectivity index (χ4n) is 3.00. The van der Waals surface area contributed by atoms with Gasteiger partial charge in [-0.1, -0.05) is 18.2 Å². The standard InChI is InChI=1S/C15H22N4O/c16-12-10-14(17-11-12)15(20)19-8-6-18(7-9-19)13-4-2-1-3-5-13/h1-5,12,14,17H,6-11,16H2. The number of carbonyl (C=O) groups is 1. The van der Waals surface area contributed by atoms with Gasteiger partial charge in [0.15, 0.2) is 0 Å². The van der Waals surface area contributed by atoms with Crippen molar-refractivity contribution in [1.82, 2.24) is 10.2 Å². The maximum Gasteiger partial charge on any atom is 0.239 e. The van der Waals surface area contributed by atoms with Crippen LogP contribution in [0.3, 0.4) is 0 Å². The van der Waals surface area contributed by atoms with Crippen molar-refractivity contribution in [3.05, 3.63) is 30.3 Å². The van der Waals surface area contributed by atoms with Gasteiger partial charge in [-0.05, 0) is 18.6 Å². The monoisotopic (exact) mass is 274 g/mol. The number of amides is 1. The summed E-state index contributed by atoms with van der Waals surface area (Å²) in [5.41, 5.74) is 7.09. The largest absolute Gasteiger partial charge is 0.368 e. The molecule has 5 heteroatoms. The maximum atomic E-state index is 12.4. The zero-order valence-corrected chi connectivity index (χ0v) is 11.7. The third-order valence-electron chi connectivity index (χ3n) is 4.18. The van der Waals surface area contributed by atoms with Crippen molar-refractivity contribution >= 4 is 11.6 Å². The topological polar surface area (TPSA) is 61.6 Å². The third-order valence-corrected chi connectivity index (χ3v) is 4.18. The number of hydrogen-bond acceptors (Lipinski definition) is 4. The fraction of sp³-hybridized carbons (Fsp3) is 0.533. The molecule has 108 valence electrons. The average Bonchev–Trinajstić information content (AvgIpc) is 2.94. The fourth-order valence-corrected chi connectivity index (χ4v) is 3.00. The maximum absolute atomic E-state index is 12.4. The highest BCUT2D eigenvalue weighted by atomic mass is 16.2. The molecule has 1 aromatic rings. The van der Waals surface area contributed by atoms with E-state index in [1.165, 1.54) is 5.69 Å². The Labute approximate surface area is 119 Å². The number of benzene rings is 1. The van der Waals surface area contributed by atoms with E-state index in [4.69, 9.17) is 5.73 Å². The molecule has 2 aliphatic rings. The Bertz CT molecular complexity index is 456. The van der Waals surface area contributed by atoms with Gasteiger partial charge < -0.3 is 20.9 Å². The predicted molar refractivity (Wildman–Crippen MR) is 79.6 cm³/mol. The van der Waals surface area contributed by atoms with Crippen molar-refractivity contribution < 1.29 is 4.79 Å². The molecule has 3 rings (SSSR count). The summed E-state index contributed by atoms with van der Waals surface area (Å²) in [7, 11) is 0. The van der Waals surface area contributed by atoms with Crippen molar-refractivity contribution in [1.29, 1.82) is 0 Å². The summed E-state index contributed by atoms with van der Waals surface area (Å²) in [5.74, 6) is 0.214. The first kappa shape index (κ1) is 13.4. The van der Waals surface area contributed by atoms with Crippen LogP contribution in [-0.4, -0.2) is 55.6 Å². The summed E-state index contributed by atoms with van der Waals surface area (Å²) in [6, 6.07) is 10.4. The van der Waals surface area contributed by atoms with E-state index in [-0.39, 0.29) is 18.0 Å². The van der Waals surface area contributed by atoms with Crippen LogP contribution >= 0.6 is 0 Å². The summed E-state index contributed by atoms with van der Waals surface area (Å²) < 4.78 is 0. The molecule has 2 saturated heterocycles. The molecule has 1 aromatic carbocycles. The minimum atomic E-state index is -0.0757. The summed E-state index contributed by atoms with van der Waals surface area (Å²) in [5, 5.41) is 3.22. The first-order chi connectivity index (χ1) is 9.74. The van der Waals surface area contributed by atoms with Crippen LogP contribution in [0.1, 0.15) is 6.42 Å². The number of nitrogens with zero attached hydrogens (tertiary/aromatic N) is 2. The minimum absolute atomic E-state index is 0.0757. The van der Waals surface area contributed by atoms with Gasteiger partial charge in [-0.2, -0.15) is 0 Å². The molecule has 0 radical (unpaired) electrons. The smallest absolute Gasteiger partial charge is 0.239 e. The Morgan fingerprint density at radius 1 is 1.15 bits per heavy atom. The summed E-state index contributed by atoms with van der Waals surface area (Å²) >= 11 is 0. The summed E-state index contributed by atoms with van der Waals surface area (Å²) in [6.07, 6.45) is 0.762. The van der Waals surface area contributed by atoms with E-state index in [0.29, 0.717) is 0 Å². The third kappa shape index (κ3) is 2.78. The number of rotatable bonds is 2. The van der Waals surface area contributed by atoms with Crippen LogP contribution in [0.15, 0.2) is 30.3 Å². The Balaban J connectivity index is 1.55. The molecule has 0 bridgehead atoms. The van der Waals surface area contributed by atoms with Crippen LogP contribution in [-0.2, 0) is 4.79 Å². The van der Waals surface area contributed by atoms with Gasteiger partial charge in [0.05, 0.1) is 6.04 Å². The minimum Gasteiger partial charge on any atom is -0.368 e. The molecule has 2 aliphatic heterocycles. The van der Waals surface area contributed by atoms with Crippen LogP contribution in [0.5, 0.6) is 0 Å². The lowest BCUT2D eigenvalue weighted by Crippen LogP contribution is -2.53. The quantitative estimate of drug-likeness (QED) is 0.798. The molecule has 20 heavy (non-hydrogen) atoms. The van der Waals surface area contributed by atoms with Crippen LogP contribution in [0.4, 0.5) is 5.69 Å². The normalized spacial score (nSPS) is 26.9. The molecule has 0 spiro atoms. The number of anilines is 1. The number of hydrogen-bond donors (Lipinski definition) is 2. The molecule has 5 nitrogen and oxygen atoms in total. The van der Waals surface area contributed by atoms with Crippen molar-refractivity contribution in [2.45, 2.75) is 18.5 Å². The Morgan fingerprint density at radius 3 is 2.45 bits per heavy atom. The zero-order valence-electron chi connectivity index (χ0n) is 11.7. The van der Waals surface area contributed by atoms with Gasteiger partial charge >= 0.3 is 0 Å². The van der Waals surface area contributed by atoms with Gasteiger partial charge in [-0.3, -0.25) is 4.79 Å². The SMILES string of the molecule is NC1CNC(C(=O)N2CCN(c3ccccc3)CC2)C1. The van der Waals surface area contributed by atoms with Gasteiger partial charge in [0, 0.05) is 44.5 Å². The van der Waals surface area contributed by atoms with E-state index >= 15 is 0 Å². The summed E-state index contributed by atoms with van der Waals surface area (Å²) in [4.78, 5) is 16.7. The lowest BCUT2D eigenvalue weighted by atomic mass is 10.1. The van der Waals surface area contributed by atoms with Gasteiger partial charge in [0.25, 0.3) is 0 Å². The number of nitrogens with one attached hydrogen (secondary N) is 1. The molecule has 1 amide bonds. The van der Waals surface area contributed by atoms with E-state index in [1.54, 1.807) is 0 Å². The van der Waals surface area contributed by atoms with Gasteiger partial charge in [0.1, 0.15) is 0 Å². The first-order valence-electron chi connectivity index (χ1n) is 7.32. The Morgan fingerprint density at radius 2 is 1.85 bits per heavy atom. The molecule has 3 N–H and O–H groups in total. The molecule has 2 atom stereocenters. The van der Waals surface area contributed by atoms with Gasteiger partial charge in [-0.15, -0.1) is 0 Å². The second-order valence-electron chi connectivity index (χ2n) is 5.60. The van der Waals surface area contributed by atoms with Crippen LogP contribution in [0.25, 0.3) is 0 Å². The molecular formula is C15H22N4O. The second-order valence-corrected chi connectivity index (χ2v) is 5.60. The van der Waals surface area contributed by atoms with Crippen molar-refractivity contribution in [3.8, 4) is 0 Å². The highest BCUT2D eigenvalue weighted by Gasteiger charge is 2.32. The molecular weight excluding hydrogens is 252 g/mol. The van der Waals surface area contributed by atoms with Crippen molar-refractivity contribution in [2.75, 3.05) is 37.6 Å². The van der Waals surface area contributed by atoms with Crippen LogP contribution < -0.4 is 16.0 Å². The number of carbonyl (C=O) groups excluding carboxylic acids is 1. The van der Waals surface area contributed by atoms with Crippen LogP contribution in [0, 0.1) is 0 Å². The van der Waals surface area contributed by atoms with E-state index in [9.17, 15) is 4.79 Å².